The molecule has 2 aliphatic heterocycles. The maximum Gasteiger partial charge on any atom is 0.328 e. The van der Waals surface area contributed by atoms with Crippen LogP contribution in [0.3, 0.4) is 0 Å². The number of aliphatic carboxylic acids is 2. The van der Waals surface area contributed by atoms with Gasteiger partial charge in [-0.25, -0.2) is 14.6 Å². The number of carbonyl (C=O) groups is 3. The van der Waals surface area contributed by atoms with E-state index in [0.29, 0.717) is 18.2 Å². The highest BCUT2D eigenvalue weighted by atomic mass is 32.1. The lowest BCUT2D eigenvalue weighted by atomic mass is 9.96. The Labute approximate surface area is 165 Å². The normalized spacial score (nSPS) is 23.2. The summed E-state index contributed by atoms with van der Waals surface area (Å²) in [6.07, 6.45) is 3.54. The summed E-state index contributed by atoms with van der Waals surface area (Å²) in [5.41, 5.74) is 3.53. The second kappa shape index (κ2) is 8.94. The topological polar surface area (TPSA) is 120 Å². The summed E-state index contributed by atoms with van der Waals surface area (Å²) in [6.45, 7) is 3.42. The Morgan fingerprint density at radius 2 is 1.93 bits per heavy atom. The number of nitrogens with one attached hydrogen (secondary N) is 1. The molecule has 28 heavy (non-hydrogen) atoms. The summed E-state index contributed by atoms with van der Waals surface area (Å²) < 4.78 is 1.07. The van der Waals surface area contributed by atoms with Crippen LogP contribution in [0.4, 0.5) is 0 Å². The van der Waals surface area contributed by atoms with E-state index in [0.717, 1.165) is 34.7 Å². The first-order valence-corrected chi connectivity index (χ1v) is 9.79. The number of benzene rings is 1. The molecule has 2 fully saturated rings. The molecular weight excluding hydrogens is 382 g/mol. The second-order valence-corrected chi connectivity index (χ2v) is 7.75. The van der Waals surface area contributed by atoms with Crippen molar-refractivity contribution >= 4 is 39.4 Å². The highest BCUT2D eigenvalue weighted by Gasteiger charge is 2.32. The van der Waals surface area contributed by atoms with Crippen molar-refractivity contribution in [2.75, 3.05) is 19.6 Å². The van der Waals surface area contributed by atoms with Crippen molar-refractivity contribution in [2.45, 2.75) is 18.9 Å². The van der Waals surface area contributed by atoms with Gasteiger partial charge in [-0.05, 0) is 43.5 Å². The third kappa shape index (κ3) is 5.37. The molecule has 148 valence electrons. The van der Waals surface area contributed by atoms with Crippen LogP contribution in [0.5, 0.6) is 0 Å². The molecule has 0 radical (unpaired) electrons. The lowest BCUT2D eigenvalue weighted by Crippen LogP contribution is -2.47. The molecule has 1 unspecified atom stereocenters. The van der Waals surface area contributed by atoms with Crippen LogP contribution in [0.2, 0.25) is 0 Å². The molecule has 8 nitrogen and oxygen atoms in total. The van der Waals surface area contributed by atoms with E-state index >= 15 is 0 Å². The fraction of sp³-hybridized carbons (Fsp3) is 0.368. The van der Waals surface area contributed by atoms with E-state index in [1.54, 1.807) is 11.3 Å². The third-order valence-electron chi connectivity index (χ3n) is 4.76. The van der Waals surface area contributed by atoms with Crippen molar-refractivity contribution in [1.82, 2.24) is 15.2 Å². The van der Waals surface area contributed by atoms with Crippen molar-refractivity contribution in [3.05, 3.63) is 41.4 Å². The number of nitrogens with zero attached hydrogens (tertiary/aromatic N) is 2. The summed E-state index contributed by atoms with van der Waals surface area (Å²) in [5.74, 6) is -1.69. The Kier molecular flexibility index (Phi) is 6.37. The van der Waals surface area contributed by atoms with Crippen LogP contribution in [0.15, 0.2) is 35.9 Å². The first-order chi connectivity index (χ1) is 13.4. The number of fused-ring (bicyclic) bond motifs is 3. The van der Waals surface area contributed by atoms with Crippen LogP contribution < -0.4 is 5.32 Å². The average Bonchev–Trinajstić information content (AvgIpc) is 3.25. The predicted octanol–water partition coefficient (Wildman–Crippen LogP) is 1.83. The van der Waals surface area contributed by atoms with Gasteiger partial charge in [-0.3, -0.25) is 4.79 Å². The van der Waals surface area contributed by atoms with E-state index < -0.39 is 11.9 Å². The Bertz CT molecular complexity index is 882. The Hall–Kier alpha value is -2.78. The quantitative estimate of drug-likeness (QED) is 0.666. The minimum absolute atomic E-state index is 0.0489. The summed E-state index contributed by atoms with van der Waals surface area (Å²) in [7, 11) is 0. The first kappa shape index (κ1) is 20.0. The van der Waals surface area contributed by atoms with Crippen LogP contribution in [-0.2, 0) is 9.59 Å². The van der Waals surface area contributed by atoms with Gasteiger partial charge < -0.3 is 20.4 Å². The maximum absolute atomic E-state index is 12.4. The van der Waals surface area contributed by atoms with Gasteiger partial charge in [0.25, 0.3) is 5.91 Å². The lowest BCUT2D eigenvalue weighted by molar-refractivity contribution is -0.134. The Morgan fingerprint density at radius 1 is 1.18 bits per heavy atom. The number of carboxylic acids is 2. The van der Waals surface area contributed by atoms with E-state index in [4.69, 9.17) is 10.2 Å². The SMILES string of the molecule is O=C(N[C@@H]1C[C@H]2CCN(C2)C1)c1ccc2ncsc2c1.O=C(O)/C=C/C(=O)O. The largest absolute Gasteiger partial charge is 0.478 e. The highest BCUT2D eigenvalue weighted by molar-refractivity contribution is 7.16. The minimum Gasteiger partial charge on any atom is -0.478 e. The van der Waals surface area contributed by atoms with E-state index in [1.807, 2.05) is 23.7 Å². The Balaban J connectivity index is 0.000000242. The van der Waals surface area contributed by atoms with Gasteiger partial charge >= 0.3 is 11.9 Å². The van der Waals surface area contributed by atoms with Crippen LogP contribution in [0, 0.1) is 5.92 Å². The number of thiazole rings is 1. The molecule has 1 amide bonds. The van der Waals surface area contributed by atoms with Crippen molar-refractivity contribution in [2.24, 2.45) is 5.92 Å². The van der Waals surface area contributed by atoms with Crippen LogP contribution in [0.1, 0.15) is 23.2 Å². The number of carboxylic acid groups (broad SMARTS) is 2. The van der Waals surface area contributed by atoms with E-state index in [9.17, 15) is 14.4 Å². The third-order valence-corrected chi connectivity index (χ3v) is 5.56. The molecule has 1 aromatic heterocycles. The zero-order chi connectivity index (χ0) is 20.1. The van der Waals surface area contributed by atoms with Gasteiger partial charge in [0.05, 0.1) is 15.7 Å². The van der Waals surface area contributed by atoms with Gasteiger partial charge in [-0.1, -0.05) is 0 Å². The monoisotopic (exact) mass is 403 g/mol. The smallest absolute Gasteiger partial charge is 0.328 e. The summed E-state index contributed by atoms with van der Waals surface area (Å²) >= 11 is 1.58. The van der Waals surface area contributed by atoms with E-state index in [-0.39, 0.29) is 5.91 Å². The average molecular weight is 403 g/mol. The van der Waals surface area contributed by atoms with Crippen LogP contribution >= 0.6 is 11.3 Å². The van der Waals surface area contributed by atoms with Crippen molar-refractivity contribution in [1.29, 1.82) is 0 Å². The van der Waals surface area contributed by atoms with Crippen molar-refractivity contribution in [3.8, 4) is 0 Å². The number of carbonyl (C=O) groups excluding carboxylic acids is 1. The first-order valence-electron chi connectivity index (χ1n) is 8.91. The molecule has 1 aromatic carbocycles. The van der Waals surface area contributed by atoms with E-state index in [2.05, 4.69) is 15.2 Å². The lowest BCUT2D eigenvalue weighted by Gasteiger charge is -2.30. The number of hydrogen-bond donors (Lipinski definition) is 3. The maximum atomic E-state index is 12.4. The molecule has 3 atom stereocenters. The van der Waals surface area contributed by atoms with Gasteiger partial charge in [-0.15, -0.1) is 11.3 Å². The summed E-state index contributed by atoms with van der Waals surface area (Å²) in [6, 6.07) is 6.05. The van der Waals surface area contributed by atoms with Gasteiger partial charge in [0.15, 0.2) is 0 Å². The zero-order valence-corrected chi connectivity index (χ0v) is 15.9. The molecule has 3 heterocycles. The number of aromatic nitrogens is 1. The minimum atomic E-state index is -1.26. The molecular formula is C19H21N3O5S. The predicted molar refractivity (Wildman–Crippen MR) is 104 cm³/mol. The summed E-state index contributed by atoms with van der Waals surface area (Å²) in [5, 5.41) is 18.8. The standard InChI is InChI=1S/C15H17N3OS.C4H4O4/c19-15(11-1-2-13-14(6-11)20-9-16-13)17-12-5-10-3-4-18(7-10)8-12;5-3(6)1-2-4(7)8/h1-2,6,9-10,12H,3-5,7-8H2,(H,17,19);1-2H,(H,5,6)(H,7,8)/b;2-1+/t10-,12-;/m1./s1. The highest BCUT2D eigenvalue weighted by Crippen LogP contribution is 2.27. The molecule has 2 aliphatic rings. The van der Waals surface area contributed by atoms with Gasteiger partial charge in [0, 0.05) is 36.8 Å². The Morgan fingerprint density at radius 3 is 2.61 bits per heavy atom. The molecule has 2 aromatic rings. The van der Waals surface area contributed by atoms with E-state index in [1.165, 1.54) is 19.5 Å². The second-order valence-electron chi connectivity index (χ2n) is 6.87. The molecule has 9 heteroatoms. The zero-order valence-electron chi connectivity index (χ0n) is 15.1. The molecule has 0 aliphatic carbocycles. The fourth-order valence-electron chi connectivity index (χ4n) is 3.57. The molecule has 3 N–H and O–H groups in total. The summed E-state index contributed by atoms with van der Waals surface area (Å²) in [4.78, 5) is 38.2. The molecule has 4 rings (SSSR count). The van der Waals surface area contributed by atoms with Crippen molar-refractivity contribution in [3.63, 3.8) is 0 Å². The molecule has 2 bridgehead atoms. The number of hydrogen-bond acceptors (Lipinski definition) is 6. The number of piperidine rings is 1. The number of rotatable bonds is 4. The van der Waals surface area contributed by atoms with Gasteiger partial charge in [0.2, 0.25) is 0 Å². The van der Waals surface area contributed by atoms with Crippen LogP contribution in [0.25, 0.3) is 10.2 Å². The molecule has 2 saturated heterocycles. The van der Waals surface area contributed by atoms with Gasteiger partial charge in [0.1, 0.15) is 0 Å². The number of amides is 1. The molecule has 0 spiro atoms. The van der Waals surface area contributed by atoms with Gasteiger partial charge in [-0.2, -0.15) is 0 Å². The van der Waals surface area contributed by atoms with Crippen LogP contribution in [-0.4, -0.2) is 63.6 Å². The molecule has 0 saturated carbocycles. The fourth-order valence-corrected chi connectivity index (χ4v) is 4.29. The van der Waals surface area contributed by atoms with Crippen molar-refractivity contribution < 1.29 is 24.6 Å².